The van der Waals surface area contributed by atoms with Gasteiger partial charge in [0.1, 0.15) is 0 Å². The number of rotatable bonds is 3. The zero-order chi connectivity index (χ0) is 18.4. The van der Waals surface area contributed by atoms with Crippen LogP contribution in [-0.4, -0.2) is 32.0 Å². The topological polar surface area (TPSA) is 91.2 Å². The number of pyridine rings is 1. The highest BCUT2D eigenvalue weighted by Gasteiger charge is 2.48. The van der Waals surface area contributed by atoms with Gasteiger partial charge in [0.2, 0.25) is 17.7 Å². The first-order chi connectivity index (χ1) is 12.5. The summed E-state index contributed by atoms with van der Waals surface area (Å²) in [5, 5.41) is 13.3. The minimum Gasteiger partial charge on any atom is -0.493 e. The van der Waals surface area contributed by atoms with E-state index in [0.717, 1.165) is 29.8 Å². The predicted molar refractivity (Wildman–Crippen MR) is 97.9 cm³/mol. The van der Waals surface area contributed by atoms with E-state index in [9.17, 15) is 9.90 Å². The lowest BCUT2D eigenvalue weighted by Gasteiger charge is -2.45. The van der Waals surface area contributed by atoms with Gasteiger partial charge in [0.05, 0.1) is 11.7 Å². The number of hydrogen-bond donors (Lipinski definition) is 2. The van der Waals surface area contributed by atoms with Crippen molar-refractivity contribution in [2.24, 2.45) is 11.8 Å². The zero-order valence-corrected chi connectivity index (χ0v) is 15.2. The lowest BCUT2D eigenvalue weighted by Crippen LogP contribution is -2.51. The van der Waals surface area contributed by atoms with E-state index >= 15 is 0 Å². The first kappa shape index (κ1) is 16.8. The van der Waals surface area contributed by atoms with E-state index in [1.54, 1.807) is 25.4 Å². The monoisotopic (exact) mass is 353 g/mol. The van der Waals surface area contributed by atoms with E-state index in [0.29, 0.717) is 11.9 Å². The third-order valence-corrected chi connectivity index (χ3v) is 5.38. The van der Waals surface area contributed by atoms with Crippen LogP contribution in [0.25, 0.3) is 0 Å². The van der Waals surface area contributed by atoms with Gasteiger partial charge < -0.3 is 15.3 Å². The van der Waals surface area contributed by atoms with Gasteiger partial charge in [-0.15, -0.1) is 0 Å². The van der Waals surface area contributed by atoms with Crippen molar-refractivity contribution in [1.29, 1.82) is 0 Å². The van der Waals surface area contributed by atoms with Crippen LogP contribution in [0.3, 0.4) is 0 Å². The minimum absolute atomic E-state index is 0.00847. The second-order valence-electron chi connectivity index (χ2n) is 7.32. The summed E-state index contributed by atoms with van der Waals surface area (Å²) < 4.78 is 0. The maximum Gasteiger partial charge on any atom is 0.224 e. The maximum atomic E-state index is 12.4. The van der Waals surface area contributed by atoms with Crippen molar-refractivity contribution in [2.45, 2.75) is 45.7 Å². The standard InChI is InChI=1S/C19H23N5O2/c1-10-6-7-20-19(22-10)23-17-11(2)18(13-4-5-13)24(12(3)25)15-8-16(26)21-9-14(15)17/h6-9,11,13,17-18H,4-5H2,1-3H3,(H,21,26)(H,20,22,23)/t11-,17-,18?/m1/s1. The van der Waals surface area contributed by atoms with E-state index < -0.39 is 0 Å². The van der Waals surface area contributed by atoms with Crippen LogP contribution in [-0.2, 0) is 4.79 Å². The summed E-state index contributed by atoms with van der Waals surface area (Å²) in [6.45, 7) is 5.66. The molecule has 2 aromatic rings. The highest BCUT2D eigenvalue weighted by Crippen LogP contribution is 2.50. The third-order valence-electron chi connectivity index (χ3n) is 5.38. The predicted octanol–water partition coefficient (Wildman–Crippen LogP) is 2.82. The van der Waals surface area contributed by atoms with E-state index in [1.807, 2.05) is 17.9 Å². The Labute approximate surface area is 152 Å². The molecule has 0 bridgehead atoms. The lowest BCUT2D eigenvalue weighted by atomic mass is 9.80. The molecule has 1 aliphatic carbocycles. The summed E-state index contributed by atoms with van der Waals surface area (Å²) in [6.07, 6.45) is 5.62. The Kier molecular flexibility index (Phi) is 4.01. The van der Waals surface area contributed by atoms with Crippen molar-refractivity contribution in [3.8, 4) is 5.88 Å². The minimum atomic E-state index is -0.0823. The number of aromatic hydroxyl groups is 1. The van der Waals surface area contributed by atoms with Gasteiger partial charge in [0.15, 0.2) is 0 Å². The Morgan fingerprint density at radius 1 is 1.35 bits per heavy atom. The molecule has 0 spiro atoms. The lowest BCUT2D eigenvalue weighted by molar-refractivity contribution is -0.117. The number of hydrogen-bond acceptors (Lipinski definition) is 6. The van der Waals surface area contributed by atoms with Crippen molar-refractivity contribution in [2.75, 3.05) is 10.2 Å². The average Bonchev–Trinajstić information content (AvgIpc) is 3.41. The normalized spacial score (nSPS) is 24.9. The van der Waals surface area contributed by atoms with Gasteiger partial charge in [-0.25, -0.2) is 15.0 Å². The highest BCUT2D eigenvalue weighted by atomic mass is 16.3. The van der Waals surface area contributed by atoms with Gasteiger partial charge in [-0.3, -0.25) is 4.79 Å². The van der Waals surface area contributed by atoms with Crippen LogP contribution in [0.1, 0.15) is 44.0 Å². The Hall–Kier alpha value is -2.70. The SMILES string of the molecule is CC(=O)N1c2cc(O)ncc2[C@H](Nc2nccc(C)n2)[C@@H](C)C1C1CC1. The Morgan fingerprint density at radius 2 is 2.12 bits per heavy atom. The molecule has 1 amide bonds. The van der Waals surface area contributed by atoms with E-state index in [1.165, 1.54) is 0 Å². The zero-order valence-electron chi connectivity index (χ0n) is 15.2. The van der Waals surface area contributed by atoms with Gasteiger partial charge >= 0.3 is 0 Å². The fourth-order valence-electron chi connectivity index (χ4n) is 4.09. The first-order valence-corrected chi connectivity index (χ1v) is 9.00. The molecular weight excluding hydrogens is 330 g/mol. The van der Waals surface area contributed by atoms with E-state index in [2.05, 4.69) is 27.2 Å². The molecule has 1 unspecified atom stereocenters. The fraction of sp³-hybridized carbons (Fsp3) is 0.474. The molecule has 2 N–H and O–H groups in total. The van der Waals surface area contributed by atoms with Crippen molar-refractivity contribution in [3.63, 3.8) is 0 Å². The Balaban J connectivity index is 1.80. The second-order valence-corrected chi connectivity index (χ2v) is 7.32. The van der Waals surface area contributed by atoms with Crippen LogP contribution in [0.2, 0.25) is 0 Å². The molecule has 7 heteroatoms. The van der Waals surface area contributed by atoms with Crippen LogP contribution >= 0.6 is 0 Å². The molecule has 7 nitrogen and oxygen atoms in total. The molecule has 1 aliphatic heterocycles. The van der Waals surface area contributed by atoms with Gasteiger partial charge in [-0.05, 0) is 31.7 Å². The van der Waals surface area contributed by atoms with Gasteiger partial charge in [0.25, 0.3) is 0 Å². The van der Waals surface area contributed by atoms with Gasteiger partial charge in [-0.2, -0.15) is 0 Å². The van der Waals surface area contributed by atoms with Crippen molar-refractivity contribution in [3.05, 3.63) is 35.8 Å². The van der Waals surface area contributed by atoms with Crippen LogP contribution in [0.4, 0.5) is 11.6 Å². The number of fused-ring (bicyclic) bond motifs is 1. The maximum absolute atomic E-state index is 12.4. The molecule has 0 saturated heterocycles. The molecule has 3 atom stereocenters. The molecule has 1 fully saturated rings. The molecule has 3 heterocycles. The number of aryl methyl sites for hydroxylation is 1. The smallest absolute Gasteiger partial charge is 0.224 e. The van der Waals surface area contributed by atoms with Gasteiger partial charge in [0, 0.05) is 48.6 Å². The summed E-state index contributed by atoms with van der Waals surface area (Å²) in [7, 11) is 0. The van der Waals surface area contributed by atoms with E-state index in [4.69, 9.17) is 0 Å². The molecular formula is C19H23N5O2. The van der Waals surface area contributed by atoms with E-state index in [-0.39, 0.29) is 29.8 Å². The molecule has 0 aromatic carbocycles. The number of nitrogens with zero attached hydrogens (tertiary/aromatic N) is 4. The highest BCUT2D eigenvalue weighted by molar-refractivity contribution is 5.94. The number of aromatic nitrogens is 3. The summed E-state index contributed by atoms with van der Waals surface area (Å²) >= 11 is 0. The van der Waals surface area contributed by atoms with Crippen molar-refractivity contribution in [1.82, 2.24) is 15.0 Å². The van der Waals surface area contributed by atoms with Crippen LogP contribution in [0.5, 0.6) is 5.88 Å². The Morgan fingerprint density at radius 3 is 2.77 bits per heavy atom. The molecule has 2 aliphatic rings. The van der Waals surface area contributed by atoms with Crippen molar-refractivity contribution < 1.29 is 9.90 Å². The number of anilines is 2. The molecule has 26 heavy (non-hydrogen) atoms. The molecule has 1 saturated carbocycles. The van der Waals surface area contributed by atoms with Crippen LogP contribution in [0, 0.1) is 18.8 Å². The van der Waals surface area contributed by atoms with Crippen LogP contribution in [0.15, 0.2) is 24.5 Å². The number of carbonyl (C=O) groups excluding carboxylic acids is 1. The van der Waals surface area contributed by atoms with Gasteiger partial charge in [-0.1, -0.05) is 6.92 Å². The summed E-state index contributed by atoms with van der Waals surface area (Å²) in [5.74, 6) is 1.12. The number of carbonyl (C=O) groups is 1. The quantitative estimate of drug-likeness (QED) is 0.882. The largest absolute Gasteiger partial charge is 0.493 e. The molecule has 2 aromatic heterocycles. The second kappa shape index (κ2) is 6.23. The third kappa shape index (κ3) is 2.87. The number of nitrogens with one attached hydrogen (secondary N) is 1. The molecule has 4 rings (SSSR count). The Bertz CT molecular complexity index is 852. The average molecular weight is 353 g/mol. The molecule has 136 valence electrons. The summed E-state index contributed by atoms with van der Waals surface area (Å²) in [6, 6.07) is 3.45. The van der Waals surface area contributed by atoms with Crippen molar-refractivity contribution >= 4 is 17.5 Å². The first-order valence-electron chi connectivity index (χ1n) is 9.00. The van der Waals surface area contributed by atoms with Crippen LogP contribution < -0.4 is 10.2 Å². The molecule has 0 radical (unpaired) electrons. The summed E-state index contributed by atoms with van der Waals surface area (Å²) in [4.78, 5) is 27.1. The fourth-order valence-corrected chi connectivity index (χ4v) is 4.09. The number of amides is 1. The summed E-state index contributed by atoms with van der Waals surface area (Å²) in [5.41, 5.74) is 2.50.